The molecular weight excluding hydrogens is 1960 g/mol. The van der Waals surface area contributed by atoms with E-state index in [-0.39, 0.29) is 5.75 Å². The molecule has 0 atom stereocenters. The van der Waals surface area contributed by atoms with E-state index in [9.17, 15) is 13.2 Å². The monoisotopic (exact) mass is 2060 g/mol. The van der Waals surface area contributed by atoms with Gasteiger partial charge in [-0.25, -0.2) is 24.8 Å². The summed E-state index contributed by atoms with van der Waals surface area (Å²) in [6, 6.07) is 144. The maximum atomic E-state index is 13.2. The molecule has 0 N–H and O–H groups in total. The number of aryl methyl sites for hydroxylation is 10. The van der Waals surface area contributed by atoms with Crippen LogP contribution in [0.15, 0.2) is 431 Å². The lowest BCUT2D eigenvalue weighted by Gasteiger charge is -2.22. The van der Waals surface area contributed by atoms with Crippen LogP contribution in [0.25, 0.3) is 92.0 Å². The molecule has 5 aromatic heterocycles. The van der Waals surface area contributed by atoms with Gasteiger partial charge in [-0.15, -0.1) is 0 Å². The predicted molar refractivity (Wildman–Crippen MR) is 609 cm³/mol. The van der Waals surface area contributed by atoms with Crippen molar-refractivity contribution in [2.75, 3.05) is 0 Å². The second kappa shape index (κ2) is 52.1. The van der Waals surface area contributed by atoms with Crippen LogP contribution in [-0.4, -0.2) is 123 Å². The standard InChI is InChI=1S/C22H17Si.C21H21Si.C12H10O.C11H8F3NO.C11H8N2O.C11H11NO.2C10H9NO.C10H8O.C7H8O.5Al/c1-3-11-20(12-4-1)23(21-13-5-2-6-14-21)22-16-15-18-9-7-8-10-19(18)17-22;1-16-10-4-7-13-19(16)22(20-14-8-5-11-17(20)2)21-15-9-6-12-18(21)3;13-12-8-6-11(7-9-12)10-4-2-1-3-5-10;1-6-2-3-7-4-8(11(12,13)14)5-9(16)10(7)15-6;1-7-3-4-8-9(12-2)5-6-10(14)11(8)13-7;1-7-6-8(2)12-11-9(7)4-3-5-10(11)13;2*1-7-5-6-8-3-2-4-9(12)10(8)11-7;11-10-6-5-8-3-1-2-4-9(8)7-10;1-6-4-2-3-5-7(6)8;;;;;/h1-17H;4-15H,1-3H3;1-9,13H;2-5,16H,1H3;3-6,14H,1H3;3-6,13H,1-2H3;2*2-6,12H,1H3;1-7,11H;2-5,8H,1H3;;;;;/q;;;;;;;;;;2*+1;3*+2/p-8. The van der Waals surface area contributed by atoms with Gasteiger partial charge in [-0.05, 0) is 231 Å². The fraction of sp³-hybridized carbons (Fsp3) is 0.0880. The van der Waals surface area contributed by atoms with Gasteiger partial charge >= 0.3 is 87.1 Å². The average Bonchev–Trinajstić information content (AvgIpc) is 0.806. The van der Waals surface area contributed by atoms with Crippen LogP contribution in [0, 0.1) is 75.8 Å². The quantitative estimate of drug-likeness (QED) is 0.0383. The van der Waals surface area contributed by atoms with E-state index in [1.54, 1.807) is 31.2 Å². The zero-order valence-electron chi connectivity index (χ0n) is 84.0. The molecule has 22 rings (SSSR count). The number of halogens is 3. The van der Waals surface area contributed by atoms with Gasteiger partial charge in [0.1, 0.15) is 50.8 Å². The third kappa shape index (κ3) is 28.3. The Hall–Kier alpha value is -14.9. The lowest BCUT2D eigenvalue weighted by molar-refractivity contribution is -0.137. The minimum atomic E-state index is -4.47. The number of nitrogens with zero attached hydrogens (tertiary/aromatic N) is 6. The molecule has 0 aliphatic carbocycles. The fourth-order valence-electron chi connectivity index (χ4n) is 17.0. The number of para-hydroxylation sites is 4. The summed E-state index contributed by atoms with van der Waals surface area (Å²) in [5, 5.41) is 18.0. The molecule has 14 nitrogen and oxygen atoms in total. The Morgan fingerprint density at radius 3 is 1.17 bits per heavy atom. The van der Waals surface area contributed by atoms with E-state index in [2.05, 4.69) is 303 Å². The first-order valence-electron chi connectivity index (χ1n) is 48.3. The molecule has 0 bridgehead atoms. The summed E-state index contributed by atoms with van der Waals surface area (Å²) in [5.74, 6) is 5.34. The molecule has 723 valence electrons. The molecule has 0 amide bonds. The number of hydrogen-bond donors (Lipinski definition) is 0. The molecule has 0 aliphatic heterocycles. The Morgan fingerprint density at radius 1 is 0.255 bits per heavy atom. The van der Waals surface area contributed by atoms with Crippen molar-refractivity contribution in [3.63, 3.8) is 0 Å². The third-order valence-electron chi connectivity index (χ3n) is 24.6. The van der Waals surface area contributed by atoms with Gasteiger partial charge in [0, 0.05) is 55.4 Å². The predicted octanol–water partition coefficient (Wildman–Crippen LogP) is 26.1. The lowest BCUT2D eigenvalue weighted by atomic mass is 10.1. The Labute approximate surface area is 908 Å². The molecule has 0 aliphatic rings. The second-order valence-corrected chi connectivity index (χ2v) is 42.5. The summed E-state index contributed by atoms with van der Waals surface area (Å²) in [6.45, 7) is 27.7. The van der Waals surface area contributed by atoms with Crippen molar-refractivity contribution >= 4 is 211 Å². The van der Waals surface area contributed by atoms with Gasteiger partial charge < -0.3 is 30.3 Å². The van der Waals surface area contributed by atoms with Crippen LogP contribution in [0.4, 0.5) is 18.9 Å². The molecule has 17 aromatic carbocycles. The van der Waals surface area contributed by atoms with Crippen molar-refractivity contribution in [1.82, 2.24) is 24.9 Å². The van der Waals surface area contributed by atoms with E-state index in [4.69, 9.17) is 36.9 Å². The number of alkyl halides is 3. The van der Waals surface area contributed by atoms with Crippen LogP contribution in [-0.2, 0) is 6.18 Å². The zero-order valence-corrected chi connectivity index (χ0v) is 91.7. The molecule has 0 spiro atoms. The second-order valence-electron chi connectivity index (χ2n) is 35.2. The van der Waals surface area contributed by atoms with E-state index in [1.165, 1.54) is 75.3 Å². The van der Waals surface area contributed by atoms with E-state index >= 15 is 0 Å². The summed E-state index contributed by atoms with van der Waals surface area (Å²) in [7, 11) is -1.94. The molecule has 0 fully saturated rings. The highest BCUT2D eigenvalue weighted by Gasteiger charge is 2.33. The zero-order chi connectivity index (χ0) is 104. The van der Waals surface area contributed by atoms with Crippen molar-refractivity contribution in [1.29, 1.82) is 0 Å². The van der Waals surface area contributed by atoms with E-state index in [0.29, 0.717) is 39.3 Å². The fourth-order valence-corrected chi connectivity index (χ4v) is 25.0. The highest BCUT2D eigenvalue weighted by atomic mass is 28.3. The number of hydrogen-bond acceptors (Lipinski definition) is 13. The highest BCUT2D eigenvalue weighted by molar-refractivity contribution is 6.96. The molecule has 9 radical (unpaired) electrons. The largest absolute Gasteiger partial charge is 0.881 e. The molecule has 0 saturated carbocycles. The Bertz CT molecular complexity index is 8190. The third-order valence-corrected chi connectivity index (χ3v) is 33.2. The van der Waals surface area contributed by atoms with Crippen LogP contribution < -0.4 is 61.4 Å². The molecular formula is C125H101Al5F3N6O8Si2. The van der Waals surface area contributed by atoms with Gasteiger partial charge in [-0.2, -0.15) is 13.2 Å². The summed E-state index contributed by atoms with van der Waals surface area (Å²) < 4.78 is 84.6. The van der Waals surface area contributed by atoms with Crippen molar-refractivity contribution in [3.8, 4) is 57.1 Å². The van der Waals surface area contributed by atoms with Crippen LogP contribution in [0.1, 0.15) is 61.9 Å². The SMILES string of the molecule is Cc1cc(C)c2cccc([O][Al][O]c3ccc(-c4ccccc4)cc3)c2n1.Cc1ccc2cc(C(F)(F)F)cc([O][Al][O]c3ccc4ccccc4c3)c2n1.Cc1ccc2cccc([O][Al])c2n1.Cc1ccc2cccc([O][Al])c2n1.Cc1ccccc1[Si](c1ccccc1C)c1ccccc1C.[C-]#[N+]c1ccc([O][Al][O]c2ccccc2C)c2nc(C)ccc12.c1ccc([Si](c2ccccc2)c2ccc3ccccc3c2)cc1. The Morgan fingerprint density at radius 2 is 0.638 bits per heavy atom. The van der Waals surface area contributed by atoms with Crippen LogP contribution in [0.3, 0.4) is 0 Å². The van der Waals surface area contributed by atoms with Crippen molar-refractivity contribution in [2.24, 2.45) is 0 Å². The van der Waals surface area contributed by atoms with Crippen LogP contribution in [0.2, 0.25) is 0 Å². The summed E-state index contributed by atoms with van der Waals surface area (Å²) in [4.78, 5) is 25.8. The normalized spacial score (nSPS) is 10.8. The van der Waals surface area contributed by atoms with E-state index in [0.717, 1.165) is 118 Å². The molecule has 22 aromatic rings. The molecule has 24 heteroatoms. The minimum absolute atomic E-state index is 0.0734. The molecule has 0 saturated heterocycles. The maximum Gasteiger partial charge on any atom is 0.881 e. The van der Waals surface area contributed by atoms with Gasteiger partial charge in [0.15, 0.2) is 23.3 Å². The summed E-state index contributed by atoms with van der Waals surface area (Å²) in [6.07, 6.45) is -4.47. The number of aromatic nitrogens is 5. The number of benzene rings is 17. The Kier molecular flexibility index (Phi) is 37.4. The van der Waals surface area contributed by atoms with Gasteiger partial charge in [0.05, 0.1) is 34.9 Å². The average molecular weight is 2060 g/mol. The number of pyridine rings is 5. The topological polar surface area (TPSA) is 143 Å². The van der Waals surface area contributed by atoms with Gasteiger partial charge in [0.25, 0.3) is 0 Å². The summed E-state index contributed by atoms with van der Waals surface area (Å²) >= 11 is 2.04. The molecule has 0 unspecified atom stereocenters. The first kappa shape index (κ1) is 107. The van der Waals surface area contributed by atoms with Crippen LogP contribution >= 0.6 is 0 Å². The molecule has 5 heterocycles. The van der Waals surface area contributed by atoms with Crippen molar-refractivity contribution < 1.29 is 43.5 Å². The minimum Gasteiger partial charge on any atom is -0.652 e. The first-order valence-corrected chi connectivity index (χ1v) is 55.1. The number of fused-ring (bicyclic) bond motifs is 7. The van der Waals surface area contributed by atoms with E-state index in [1.807, 2.05) is 217 Å². The summed E-state index contributed by atoms with van der Waals surface area (Å²) in [5.41, 5.74) is 17.0. The van der Waals surface area contributed by atoms with Crippen LogP contribution in [0.5, 0.6) is 46.0 Å². The van der Waals surface area contributed by atoms with E-state index < -0.39 is 77.0 Å². The van der Waals surface area contributed by atoms with Gasteiger partial charge in [-0.3, -0.25) is 4.98 Å². The smallest absolute Gasteiger partial charge is 0.652 e. The Balaban J connectivity index is 0.000000126. The van der Waals surface area contributed by atoms with Gasteiger partial charge in [-0.1, -0.05) is 361 Å². The number of rotatable bonds is 21. The first-order chi connectivity index (χ1) is 72.5. The lowest BCUT2D eigenvalue weighted by Crippen LogP contribution is -2.54. The van der Waals surface area contributed by atoms with Gasteiger partial charge in [0.2, 0.25) is 0 Å². The molecule has 149 heavy (non-hydrogen) atoms. The van der Waals surface area contributed by atoms with Crippen molar-refractivity contribution in [3.05, 3.63) is 504 Å². The maximum absolute atomic E-state index is 13.2. The van der Waals surface area contributed by atoms with Crippen molar-refractivity contribution in [2.45, 2.75) is 75.4 Å². The highest BCUT2D eigenvalue weighted by Crippen LogP contribution is 2.38.